The average Bonchev–Trinajstić information content (AvgIpc) is 2.34. The number of hydrogen-bond donors (Lipinski definition) is 1. The van der Waals surface area contributed by atoms with Crippen LogP contribution in [0.25, 0.3) is 0 Å². The van der Waals surface area contributed by atoms with Crippen molar-refractivity contribution < 1.29 is 18.3 Å². The lowest BCUT2D eigenvalue weighted by molar-refractivity contribution is -0.134. The van der Waals surface area contributed by atoms with Crippen LogP contribution in [-0.2, 0) is 21.4 Å². The second-order valence-corrected chi connectivity index (χ2v) is 5.72. The Bertz CT molecular complexity index is 565. The van der Waals surface area contributed by atoms with Gasteiger partial charge in [0.1, 0.15) is 0 Å². The molecule has 1 N–H and O–H groups in total. The van der Waals surface area contributed by atoms with Crippen molar-refractivity contribution in [2.75, 3.05) is 12.3 Å². The molecule has 0 aliphatic carbocycles. The zero-order chi connectivity index (χ0) is 14.3. The fourth-order valence-corrected chi connectivity index (χ4v) is 2.64. The average molecular weight is 283 g/mol. The summed E-state index contributed by atoms with van der Waals surface area (Å²) >= 11 is 0. The van der Waals surface area contributed by atoms with Crippen molar-refractivity contribution in [3.05, 3.63) is 30.1 Å². The Morgan fingerprint density at radius 3 is 2.79 bits per heavy atom. The van der Waals surface area contributed by atoms with Crippen LogP contribution in [0.2, 0.25) is 0 Å². The fourth-order valence-electron chi connectivity index (χ4n) is 1.43. The number of carboxylic acids is 1. The van der Waals surface area contributed by atoms with Gasteiger partial charge < -0.3 is 5.11 Å². The molecule has 1 heterocycles. The fraction of sp³-hybridized carbons (Fsp3) is 0.364. The first-order chi connectivity index (χ1) is 8.95. The van der Waals surface area contributed by atoms with E-state index in [1.807, 2.05) is 6.07 Å². The highest BCUT2D eigenvalue weighted by molar-refractivity contribution is 7.89. The molecule has 1 rings (SSSR count). The molecule has 102 valence electrons. The molecule has 0 saturated heterocycles. The monoisotopic (exact) mass is 283 g/mol. The SMILES string of the molecule is N#CCCN(Cc1cccnc1)S(=O)(=O)CC(=O)O. The van der Waals surface area contributed by atoms with Crippen LogP contribution in [0.5, 0.6) is 0 Å². The van der Waals surface area contributed by atoms with Gasteiger partial charge in [0, 0.05) is 31.9 Å². The third-order valence-electron chi connectivity index (χ3n) is 2.25. The quantitative estimate of drug-likeness (QED) is 0.765. The van der Waals surface area contributed by atoms with Crippen LogP contribution in [0, 0.1) is 11.3 Å². The Morgan fingerprint density at radius 2 is 2.26 bits per heavy atom. The zero-order valence-electron chi connectivity index (χ0n) is 10.1. The molecule has 0 aliphatic heterocycles. The summed E-state index contributed by atoms with van der Waals surface area (Å²) in [6.07, 6.45) is 3.05. The van der Waals surface area contributed by atoms with Gasteiger partial charge in [0.25, 0.3) is 0 Å². The normalized spacial score (nSPS) is 11.2. The van der Waals surface area contributed by atoms with E-state index in [1.165, 1.54) is 6.20 Å². The van der Waals surface area contributed by atoms with E-state index in [0.717, 1.165) is 4.31 Å². The summed E-state index contributed by atoms with van der Waals surface area (Å²) in [5.74, 6) is -2.41. The van der Waals surface area contributed by atoms with E-state index in [2.05, 4.69) is 4.98 Å². The third kappa shape index (κ3) is 5.03. The lowest BCUT2D eigenvalue weighted by Gasteiger charge is -2.19. The smallest absolute Gasteiger partial charge is 0.320 e. The molecule has 1 aromatic heterocycles. The van der Waals surface area contributed by atoms with Crippen molar-refractivity contribution in [3.8, 4) is 6.07 Å². The number of sulfonamides is 1. The van der Waals surface area contributed by atoms with Crippen molar-refractivity contribution in [2.45, 2.75) is 13.0 Å². The van der Waals surface area contributed by atoms with Crippen LogP contribution in [-0.4, -0.2) is 41.1 Å². The van der Waals surface area contributed by atoms with Gasteiger partial charge in [0.05, 0.1) is 6.07 Å². The van der Waals surface area contributed by atoms with Crippen LogP contribution in [0.3, 0.4) is 0 Å². The molecule has 8 heteroatoms. The minimum Gasteiger partial charge on any atom is -0.480 e. The highest BCUT2D eigenvalue weighted by atomic mass is 32.2. The number of nitriles is 1. The molecule has 0 aliphatic rings. The molecule has 0 spiro atoms. The Morgan fingerprint density at radius 1 is 1.53 bits per heavy atom. The number of hydrogen-bond acceptors (Lipinski definition) is 5. The van der Waals surface area contributed by atoms with Gasteiger partial charge in [0.15, 0.2) is 5.75 Å². The minimum absolute atomic E-state index is 0.000882. The molecule has 0 saturated carbocycles. The third-order valence-corrected chi connectivity index (χ3v) is 3.96. The summed E-state index contributed by atoms with van der Waals surface area (Å²) < 4.78 is 24.7. The predicted octanol–water partition coefficient (Wildman–Crippen LogP) is 0.212. The second-order valence-electron chi connectivity index (χ2n) is 3.75. The first kappa shape index (κ1) is 15.1. The van der Waals surface area contributed by atoms with Crippen molar-refractivity contribution in [3.63, 3.8) is 0 Å². The highest BCUT2D eigenvalue weighted by Gasteiger charge is 2.25. The summed E-state index contributed by atoms with van der Waals surface area (Å²) in [6.45, 7) is -0.0356. The molecule has 0 radical (unpaired) electrons. The second kappa shape index (κ2) is 6.82. The van der Waals surface area contributed by atoms with Gasteiger partial charge in [-0.1, -0.05) is 6.07 Å². The Balaban J connectivity index is 2.89. The lowest BCUT2D eigenvalue weighted by Crippen LogP contribution is -2.35. The standard InChI is InChI=1S/C11H13N3O4S/c12-4-2-6-14(19(17,18)9-11(15)16)8-10-3-1-5-13-7-10/h1,3,5,7H,2,6,8-9H2,(H,15,16). The largest absolute Gasteiger partial charge is 0.480 e. The molecule has 1 aromatic rings. The Kier molecular flexibility index (Phi) is 5.41. The first-order valence-electron chi connectivity index (χ1n) is 5.41. The summed E-state index contributed by atoms with van der Waals surface area (Å²) in [4.78, 5) is 14.4. The first-order valence-corrected chi connectivity index (χ1v) is 7.02. The maximum absolute atomic E-state index is 11.9. The Hall–Kier alpha value is -1.98. The molecule has 0 bridgehead atoms. The lowest BCUT2D eigenvalue weighted by atomic mass is 10.3. The topological polar surface area (TPSA) is 111 Å². The maximum atomic E-state index is 11.9. The highest BCUT2D eigenvalue weighted by Crippen LogP contribution is 2.09. The van der Waals surface area contributed by atoms with Crippen molar-refractivity contribution in [2.24, 2.45) is 0 Å². The molecule has 0 atom stereocenters. The molecule has 0 fully saturated rings. The molecule has 19 heavy (non-hydrogen) atoms. The van der Waals surface area contributed by atoms with Gasteiger partial charge in [-0.2, -0.15) is 9.57 Å². The van der Waals surface area contributed by atoms with Gasteiger partial charge in [-0.3, -0.25) is 9.78 Å². The number of aliphatic carboxylic acids is 1. The number of aromatic nitrogens is 1. The van der Waals surface area contributed by atoms with E-state index in [4.69, 9.17) is 10.4 Å². The molecule has 7 nitrogen and oxygen atoms in total. The van der Waals surface area contributed by atoms with Crippen molar-refractivity contribution in [1.29, 1.82) is 5.26 Å². The number of pyridine rings is 1. The van der Waals surface area contributed by atoms with E-state index < -0.39 is 21.7 Å². The molecular formula is C11H13N3O4S. The Labute approximate surface area is 111 Å². The van der Waals surface area contributed by atoms with Gasteiger partial charge in [0.2, 0.25) is 10.0 Å². The van der Waals surface area contributed by atoms with Gasteiger partial charge in [-0.15, -0.1) is 0 Å². The van der Waals surface area contributed by atoms with E-state index in [-0.39, 0.29) is 19.5 Å². The van der Waals surface area contributed by atoms with E-state index in [9.17, 15) is 13.2 Å². The molecule has 0 aromatic carbocycles. The maximum Gasteiger partial charge on any atom is 0.320 e. The number of carboxylic acid groups (broad SMARTS) is 1. The predicted molar refractivity (Wildman–Crippen MR) is 66.3 cm³/mol. The number of rotatable bonds is 7. The van der Waals surface area contributed by atoms with Gasteiger partial charge in [-0.05, 0) is 11.6 Å². The van der Waals surface area contributed by atoms with Crippen LogP contribution in [0.1, 0.15) is 12.0 Å². The van der Waals surface area contributed by atoms with Crippen LogP contribution < -0.4 is 0 Å². The molecular weight excluding hydrogens is 270 g/mol. The van der Waals surface area contributed by atoms with Crippen LogP contribution in [0.4, 0.5) is 0 Å². The zero-order valence-corrected chi connectivity index (χ0v) is 10.9. The summed E-state index contributed by atoms with van der Waals surface area (Å²) in [7, 11) is -3.94. The number of nitrogens with zero attached hydrogens (tertiary/aromatic N) is 3. The van der Waals surface area contributed by atoms with Crippen LogP contribution >= 0.6 is 0 Å². The van der Waals surface area contributed by atoms with Gasteiger partial charge >= 0.3 is 5.97 Å². The molecule has 0 unspecified atom stereocenters. The van der Waals surface area contributed by atoms with E-state index in [1.54, 1.807) is 18.3 Å². The summed E-state index contributed by atoms with van der Waals surface area (Å²) in [5, 5.41) is 17.1. The van der Waals surface area contributed by atoms with E-state index >= 15 is 0 Å². The van der Waals surface area contributed by atoms with Crippen LogP contribution in [0.15, 0.2) is 24.5 Å². The van der Waals surface area contributed by atoms with E-state index in [0.29, 0.717) is 5.56 Å². The molecule has 0 amide bonds. The number of carbonyl (C=O) groups is 1. The summed E-state index contributed by atoms with van der Waals surface area (Å²) in [6, 6.07) is 5.18. The van der Waals surface area contributed by atoms with Crippen molar-refractivity contribution in [1.82, 2.24) is 9.29 Å². The van der Waals surface area contributed by atoms with Crippen molar-refractivity contribution >= 4 is 16.0 Å². The van der Waals surface area contributed by atoms with Gasteiger partial charge in [-0.25, -0.2) is 8.42 Å². The summed E-state index contributed by atoms with van der Waals surface area (Å²) in [5.41, 5.74) is 0.634. The minimum atomic E-state index is -3.94.